The van der Waals surface area contributed by atoms with Gasteiger partial charge in [-0.25, -0.2) is 19.7 Å². The van der Waals surface area contributed by atoms with Crippen molar-refractivity contribution < 1.29 is 29.3 Å². The molecule has 1 saturated heterocycles. The number of carbonyl (C=O) groups is 2. The number of methoxy groups -OCH3 is 1. The molecule has 1 aliphatic carbocycles. The molecule has 2 fully saturated rings. The van der Waals surface area contributed by atoms with Crippen LogP contribution in [0, 0.1) is 11.8 Å². The molecule has 2 aromatic heterocycles. The molecule has 4 rings (SSSR count). The van der Waals surface area contributed by atoms with Crippen LogP contribution in [-0.4, -0.2) is 91.7 Å². The number of hydrogen-bond acceptors (Lipinski definition) is 10. The number of aliphatic hydroxyl groups excluding tert-OH is 2. The van der Waals surface area contributed by atoms with Gasteiger partial charge in [0.15, 0.2) is 23.8 Å². The Morgan fingerprint density at radius 1 is 1.38 bits per heavy atom. The zero-order chi connectivity index (χ0) is 23.0. The van der Waals surface area contributed by atoms with Crippen molar-refractivity contribution in [1.29, 1.82) is 0 Å². The molecule has 0 radical (unpaired) electrons. The number of ether oxygens (including phenoxy) is 2. The Morgan fingerprint density at radius 3 is 2.81 bits per heavy atom. The van der Waals surface area contributed by atoms with Crippen molar-refractivity contribution >= 4 is 29.0 Å². The van der Waals surface area contributed by atoms with E-state index in [9.17, 15) is 19.8 Å². The largest absolute Gasteiger partial charge is 0.453 e. The molecule has 1 saturated carbocycles. The fourth-order valence-corrected chi connectivity index (χ4v) is 3.26. The first-order valence-corrected chi connectivity index (χ1v) is 9.90. The lowest BCUT2D eigenvalue weighted by Crippen LogP contribution is -2.43. The lowest BCUT2D eigenvalue weighted by atomic mass is 10.1. The summed E-state index contributed by atoms with van der Waals surface area (Å²) in [5, 5.41) is 23.6. The molecule has 2 aromatic rings. The molecule has 5 N–H and O–H groups in total. The number of rotatable bonds is 4. The molecule has 170 valence electrons. The zero-order valence-electron chi connectivity index (χ0n) is 17.4. The molecule has 4 atom stereocenters. The molecule has 32 heavy (non-hydrogen) atoms. The van der Waals surface area contributed by atoms with E-state index in [-0.39, 0.29) is 35.4 Å². The average molecular weight is 445 g/mol. The van der Waals surface area contributed by atoms with E-state index in [1.807, 2.05) is 0 Å². The van der Waals surface area contributed by atoms with Crippen molar-refractivity contribution in [2.24, 2.45) is 0 Å². The number of nitrogens with one attached hydrogen (secondary N) is 1. The van der Waals surface area contributed by atoms with Crippen molar-refractivity contribution in [3.8, 4) is 11.8 Å². The number of nitrogens with zero attached hydrogens (tertiary/aromatic N) is 5. The summed E-state index contributed by atoms with van der Waals surface area (Å²) in [5.41, 5.74) is 6.43. The van der Waals surface area contributed by atoms with Gasteiger partial charge in [-0.1, -0.05) is 5.92 Å². The summed E-state index contributed by atoms with van der Waals surface area (Å²) in [6.45, 7) is 0.0711. The number of anilines is 1. The van der Waals surface area contributed by atoms with Crippen LogP contribution >= 0.6 is 0 Å². The van der Waals surface area contributed by atoms with Gasteiger partial charge in [0.2, 0.25) is 5.82 Å². The molecule has 2 unspecified atom stereocenters. The first kappa shape index (κ1) is 21.8. The first-order chi connectivity index (χ1) is 15.3. The maximum absolute atomic E-state index is 12.3. The van der Waals surface area contributed by atoms with Gasteiger partial charge in [-0.2, -0.15) is 0 Å². The molecule has 0 bridgehead atoms. The van der Waals surface area contributed by atoms with Crippen molar-refractivity contribution in [3.63, 3.8) is 0 Å². The van der Waals surface area contributed by atoms with Gasteiger partial charge in [-0.05, 0) is 18.8 Å². The highest BCUT2D eigenvalue weighted by molar-refractivity contribution is 5.83. The lowest BCUT2D eigenvalue weighted by Gasteiger charge is -2.16. The van der Waals surface area contributed by atoms with Crippen LogP contribution in [0.25, 0.3) is 11.2 Å². The fraction of sp³-hybridized carbons (Fsp3) is 0.526. The Morgan fingerprint density at radius 2 is 2.12 bits per heavy atom. The van der Waals surface area contributed by atoms with E-state index in [1.54, 1.807) is 0 Å². The van der Waals surface area contributed by atoms with Crippen LogP contribution in [-0.2, 0) is 14.3 Å². The van der Waals surface area contributed by atoms with Gasteiger partial charge in [-0.15, -0.1) is 0 Å². The number of carbonyl (C=O) groups excluding carboxylic acids is 2. The van der Waals surface area contributed by atoms with Crippen molar-refractivity contribution in [2.45, 2.75) is 43.4 Å². The van der Waals surface area contributed by atoms with Gasteiger partial charge in [0, 0.05) is 13.1 Å². The summed E-state index contributed by atoms with van der Waals surface area (Å²) in [5.74, 6) is 5.08. The maximum atomic E-state index is 12.3. The minimum absolute atomic E-state index is 0.0513. The maximum Gasteiger partial charge on any atom is 0.410 e. The van der Waals surface area contributed by atoms with E-state index in [2.05, 4.69) is 36.8 Å². The van der Waals surface area contributed by atoms with Crippen LogP contribution in [0.2, 0.25) is 0 Å². The third-order valence-corrected chi connectivity index (χ3v) is 5.15. The summed E-state index contributed by atoms with van der Waals surface area (Å²) >= 11 is 0. The van der Waals surface area contributed by atoms with Gasteiger partial charge in [-0.3, -0.25) is 9.36 Å². The standard InChI is InChI=1S/C19H23N7O6/c1-25(19(30)31-2)7-3-4-10-23-15(20)11-16(24-10)26(8-21-11)18-13(28)12(27)14(32-18)17(29)22-9-5-6-9/h8-9,12-14,18,27-28H,5-7H2,1-2H3,(H,22,29)(H2,20,23,24)/t12?,13?,14-,18+/m0/s1. The van der Waals surface area contributed by atoms with E-state index in [4.69, 9.17) is 10.5 Å². The molecule has 13 nitrogen and oxygen atoms in total. The van der Waals surface area contributed by atoms with Crippen LogP contribution in [0.15, 0.2) is 6.33 Å². The Bertz CT molecular complexity index is 1100. The number of imidazole rings is 1. The highest BCUT2D eigenvalue weighted by Crippen LogP contribution is 2.33. The second kappa shape index (κ2) is 8.58. The van der Waals surface area contributed by atoms with E-state index in [0.29, 0.717) is 0 Å². The second-order valence-corrected chi connectivity index (χ2v) is 7.60. The predicted molar refractivity (Wildman–Crippen MR) is 109 cm³/mol. The first-order valence-electron chi connectivity index (χ1n) is 9.90. The quantitative estimate of drug-likeness (QED) is 0.399. The second-order valence-electron chi connectivity index (χ2n) is 7.60. The van der Waals surface area contributed by atoms with Crippen LogP contribution in [0.1, 0.15) is 24.9 Å². The van der Waals surface area contributed by atoms with Crippen molar-refractivity contribution in [2.75, 3.05) is 26.4 Å². The number of nitrogens with two attached hydrogens (primary N) is 1. The Balaban J connectivity index is 1.58. The summed E-state index contributed by atoms with van der Waals surface area (Å²) in [6, 6.07) is 0.0791. The Labute approximate surface area is 182 Å². The number of aliphatic hydroxyl groups is 2. The summed E-state index contributed by atoms with van der Waals surface area (Å²) in [7, 11) is 2.79. The number of aromatic nitrogens is 4. The van der Waals surface area contributed by atoms with Crippen molar-refractivity contribution in [1.82, 2.24) is 29.7 Å². The molecular weight excluding hydrogens is 422 g/mol. The van der Waals surface area contributed by atoms with Gasteiger partial charge < -0.3 is 35.6 Å². The molecular formula is C19H23N7O6. The monoisotopic (exact) mass is 445 g/mol. The summed E-state index contributed by atoms with van der Waals surface area (Å²) in [4.78, 5) is 37.6. The predicted octanol–water partition coefficient (Wildman–Crippen LogP) is -1.64. The SMILES string of the molecule is COC(=O)N(C)CC#Cc1nc(N)c2ncn([C@@H]3O[C@H](C(=O)NC4CC4)C(O)C3O)c2n1. The van der Waals surface area contributed by atoms with Gasteiger partial charge >= 0.3 is 6.09 Å². The normalized spacial score (nSPS) is 24.6. The Kier molecular flexibility index (Phi) is 5.83. The Hall–Kier alpha value is -3.47. The molecule has 2 amide bonds. The number of amides is 2. The van der Waals surface area contributed by atoms with Crippen LogP contribution in [0.3, 0.4) is 0 Å². The number of fused-ring (bicyclic) bond motifs is 1. The van der Waals surface area contributed by atoms with Gasteiger partial charge in [0.1, 0.15) is 17.7 Å². The van der Waals surface area contributed by atoms with E-state index >= 15 is 0 Å². The molecule has 13 heteroatoms. The zero-order valence-corrected chi connectivity index (χ0v) is 17.4. The smallest absolute Gasteiger partial charge is 0.410 e. The fourth-order valence-electron chi connectivity index (χ4n) is 3.26. The molecule has 2 aliphatic rings. The van der Waals surface area contributed by atoms with Gasteiger partial charge in [0.05, 0.1) is 20.0 Å². The van der Waals surface area contributed by atoms with E-state index in [0.717, 1.165) is 12.8 Å². The summed E-state index contributed by atoms with van der Waals surface area (Å²) in [6.07, 6.45) is -2.64. The van der Waals surface area contributed by atoms with Crippen LogP contribution in [0.4, 0.5) is 10.6 Å². The third kappa shape index (κ3) is 4.15. The molecule has 1 aliphatic heterocycles. The average Bonchev–Trinajstić information content (AvgIpc) is 3.40. The molecule has 0 aromatic carbocycles. The highest BCUT2D eigenvalue weighted by atomic mass is 16.6. The molecule has 0 spiro atoms. The topological polar surface area (TPSA) is 178 Å². The number of nitrogen functional groups attached to an aromatic ring is 1. The summed E-state index contributed by atoms with van der Waals surface area (Å²) < 4.78 is 11.6. The van der Waals surface area contributed by atoms with Crippen LogP contribution < -0.4 is 11.1 Å². The lowest BCUT2D eigenvalue weighted by molar-refractivity contribution is -0.137. The van der Waals surface area contributed by atoms with Crippen molar-refractivity contribution in [3.05, 3.63) is 12.2 Å². The highest BCUT2D eigenvalue weighted by Gasteiger charge is 2.48. The minimum Gasteiger partial charge on any atom is -0.453 e. The third-order valence-electron chi connectivity index (χ3n) is 5.15. The van der Waals surface area contributed by atoms with Gasteiger partial charge in [0.25, 0.3) is 5.91 Å². The molecule has 3 heterocycles. The van der Waals surface area contributed by atoms with E-state index < -0.39 is 36.5 Å². The number of hydrogen-bond donors (Lipinski definition) is 4. The van der Waals surface area contributed by atoms with E-state index in [1.165, 1.54) is 30.0 Å². The minimum atomic E-state index is -1.43. The van der Waals surface area contributed by atoms with Crippen LogP contribution in [0.5, 0.6) is 0 Å².